The quantitative estimate of drug-likeness (QED) is 0.862. The lowest BCUT2D eigenvalue weighted by atomic mass is 9.85. The molecule has 108 valence electrons. The Morgan fingerprint density at radius 1 is 1.19 bits per heavy atom. The van der Waals surface area contributed by atoms with E-state index in [2.05, 4.69) is 10.3 Å². The highest BCUT2D eigenvalue weighted by Gasteiger charge is 2.37. The number of nitrogens with one attached hydrogen (secondary N) is 1. The monoisotopic (exact) mass is 284 g/mol. The van der Waals surface area contributed by atoms with Crippen LogP contribution in [0.2, 0.25) is 0 Å². The van der Waals surface area contributed by atoms with E-state index in [-0.39, 0.29) is 17.5 Å². The molecule has 0 amide bonds. The van der Waals surface area contributed by atoms with Gasteiger partial charge in [0.05, 0.1) is 5.52 Å². The summed E-state index contributed by atoms with van der Waals surface area (Å²) in [5.41, 5.74) is 1.30. The molecule has 4 heteroatoms. The van der Waals surface area contributed by atoms with Crippen LogP contribution in [-0.4, -0.2) is 22.9 Å². The molecule has 1 aromatic carbocycles. The molecule has 0 radical (unpaired) electrons. The Morgan fingerprint density at radius 2 is 1.95 bits per heavy atom. The summed E-state index contributed by atoms with van der Waals surface area (Å²) in [5, 5.41) is 4.18. The standard InChI is InChI=1S/C17H17FN2O/c18-11-1-4-16-15(9-11)14(5-6-19-16)17(21)10-7-12-2-3-13(8-10)20-12/h1,4-6,9-10,12-13,20H,2-3,7-8H2. The van der Waals surface area contributed by atoms with Gasteiger partial charge in [0.1, 0.15) is 5.82 Å². The fourth-order valence-electron chi connectivity index (χ4n) is 3.82. The zero-order valence-corrected chi connectivity index (χ0v) is 11.7. The van der Waals surface area contributed by atoms with E-state index in [0.29, 0.717) is 28.6 Å². The van der Waals surface area contributed by atoms with E-state index in [9.17, 15) is 9.18 Å². The predicted molar refractivity (Wildman–Crippen MR) is 78.7 cm³/mol. The minimum atomic E-state index is -0.324. The number of ketones is 1. The molecule has 2 aromatic rings. The lowest BCUT2D eigenvalue weighted by molar-refractivity contribution is 0.0877. The zero-order valence-electron chi connectivity index (χ0n) is 11.7. The van der Waals surface area contributed by atoms with E-state index in [1.807, 2.05) is 0 Å². The number of aromatic nitrogens is 1. The van der Waals surface area contributed by atoms with Crippen LogP contribution in [0.15, 0.2) is 30.5 Å². The summed E-state index contributed by atoms with van der Waals surface area (Å²) in [4.78, 5) is 17.1. The molecule has 21 heavy (non-hydrogen) atoms. The fourth-order valence-corrected chi connectivity index (χ4v) is 3.82. The van der Waals surface area contributed by atoms with Gasteiger partial charge in [0.25, 0.3) is 0 Å². The number of carbonyl (C=O) groups excluding carboxylic acids is 1. The van der Waals surface area contributed by atoms with Gasteiger partial charge >= 0.3 is 0 Å². The van der Waals surface area contributed by atoms with E-state index in [1.165, 1.54) is 25.0 Å². The van der Waals surface area contributed by atoms with Crippen LogP contribution < -0.4 is 5.32 Å². The molecule has 2 saturated heterocycles. The van der Waals surface area contributed by atoms with Crippen molar-refractivity contribution in [2.24, 2.45) is 5.92 Å². The van der Waals surface area contributed by atoms with Crippen LogP contribution in [0.3, 0.4) is 0 Å². The summed E-state index contributed by atoms with van der Waals surface area (Å²) in [6.45, 7) is 0. The highest BCUT2D eigenvalue weighted by Crippen LogP contribution is 2.34. The molecular formula is C17H17FN2O. The van der Waals surface area contributed by atoms with Gasteiger partial charge in [0.2, 0.25) is 0 Å². The Hall–Kier alpha value is -1.81. The van der Waals surface area contributed by atoms with Crippen LogP contribution >= 0.6 is 0 Å². The third-order valence-electron chi connectivity index (χ3n) is 4.81. The van der Waals surface area contributed by atoms with Gasteiger partial charge in [-0.15, -0.1) is 0 Å². The Labute approximate surface area is 122 Å². The first kappa shape index (κ1) is 12.9. The second kappa shape index (κ2) is 4.88. The lowest BCUT2D eigenvalue weighted by Gasteiger charge is -2.28. The first-order chi connectivity index (χ1) is 10.2. The highest BCUT2D eigenvalue weighted by molar-refractivity contribution is 6.08. The minimum Gasteiger partial charge on any atom is -0.311 e. The van der Waals surface area contributed by atoms with Crippen LogP contribution in [0, 0.1) is 11.7 Å². The maximum Gasteiger partial charge on any atom is 0.166 e. The number of nitrogens with zero attached hydrogens (tertiary/aromatic N) is 1. The fraction of sp³-hybridized carbons (Fsp3) is 0.412. The van der Waals surface area contributed by atoms with Gasteiger partial charge < -0.3 is 5.32 Å². The van der Waals surface area contributed by atoms with E-state index in [0.717, 1.165) is 12.8 Å². The van der Waals surface area contributed by atoms with Crippen molar-refractivity contribution in [2.45, 2.75) is 37.8 Å². The molecule has 2 unspecified atom stereocenters. The topological polar surface area (TPSA) is 42.0 Å². The van der Waals surface area contributed by atoms with Crippen molar-refractivity contribution in [1.29, 1.82) is 0 Å². The highest BCUT2D eigenvalue weighted by atomic mass is 19.1. The molecule has 2 fully saturated rings. The Bertz CT molecular complexity index is 703. The molecule has 2 aliphatic heterocycles. The third-order valence-corrected chi connectivity index (χ3v) is 4.81. The molecule has 2 aliphatic rings. The van der Waals surface area contributed by atoms with Crippen molar-refractivity contribution in [3.05, 3.63) is 41.8 Å². The van der Waals surface area contributed by atoms with Crippen LogP contribution in [0.25, 0.3) is 10.9 Å². The number of carbonyl (C=O) groups is 1. The third kappa shape index (κ3) is 2.23. The number of hydrogen-bond donors (Lipinski definition) is 1. The number of Topliss-reactive ketones (excluding diaryl/α,β-unsaturated/α-hetero) is 1. The van der Waals surface area contributed by atoms with Crippen molar-refractivity contribution in [3.8, 4) is 0 Å². The summed E-state index contributed by atoms with van der Waals surface area (Å²) in [5.74, 6) is -0.126. The molecule has 0 saturated carbocycles. The van der Waals surface area contributed by atoms with E-state index in [1.54, 1.807) is 18.3 Å². The molecular weight excluding hydrogens is 267 g/mol. The number of hydrogen-bond acceptors (Lipinski definition) is 3. The average Bonchev–Trinajstić information content (AvgIpc) is 2.84. The first-order valence-electron chi connectivity index (χ1n) is 7.55. The maximum absolute atomic E-state index is 13.5. The average molecular weight is 284 g/mol. The molecule has 3 heterocycles. The van der Waals surface area contributed by atoms with Gasteiger partial charge in [-0.05, 0) is 49.9 Å². The molecule has 0 spiro atoms. The van der Waals surface area contributed by atoms with Gasteiger partial charge in [-0.1, -0.05) is 0 Å². The summed E-state index contributed by atoms with van der Waals surface area (Å²) in [6.07, 6.45) is 5.77. The summed E-state index contributed by atoms with van der Waals surface area (Å²) in [7, 11) is 0. The van der Waals surface area contributed by atoms with Crippen molar-refractivity contribution >= 4 is 16.7 Å². The Kier molecular flexibility index (Phi) is 3.00. The van der Waals surface area contributed by atoms with Gasteiger partial charge in [-0.3, -0.25) is 9.78 Å². The number of pyridine rings is 1. The minimum absolute atomic E-state index is 0.0533. The van der Waals surface area contributed by atoms with Gasteiger partial charge in [-0.25, -0.2) is 4.39 Å². The van der Waals surface area contributed by atoms with Gasteiger partial charge in [-0.2, -0.15) is 0 Å². The summed E-state index contributed by atoms with van der Waals surface area (Å²) < 4.78 is 13.5. The Balaban J connectivity index is 1.72. The zero-order chi connectivity index (χ0) is 14.4. The molecule has 1 N–H and O–H groups in total. The van der Waals surface area contributed by atoms with E-state index in [4.69, 9.17) is 0 Å². The first-order valence-corrected chi connectivity index (χ1v) is 7.55. The van der Waals surface area contributed by atoms with Crippen molar-refractivity contribution < 1.29 is 9.18 Å². The van der Waals surface area contributed by atoms with Gasteiger partial charge in [0.15, 0.2) is 5.78 Å². The number of rotatable bonds is 2. The molecule has 3 nitrogen and oxygen atoms in total. The van der Waals surface area contributed by atoms with Crippen LogP contribution in [0.5, 0.6) is 0 Å². The summed E-state index contributed by atoms with van der Waals surface area (Å²) >= 11 is 0. The van der Waals surface area contributed by atoms with Crippen LogP contribution in [0.1, 0.15) is 36.0 Å². The normalized spacial score (nSPS) is 28.0. The Morgan fingerprint density at radius 3 is 2.71 bits per heavy atom. The smallest absolute Gasteiger partial charge is 0.166 e. The second-order valence-electron chi connectivity index (χ2n) is 6.19. The second-order valence-corrected chi connectivity index (χ2v) is 6.19. The molecule has 0 aliphatic carbocycles. The van der Waals surface area contributed by atoms with Gasteiger partial charge in [0, 0.05) is 35.1 Å². The molecule has 1 aromatic heterocycles. The van der Waals surface area contributed by atoms with Crippen molar-refractivity contribution in [1.82, 2.24) is 10.3 Å². The maximum atomic E-state index is 13.5. The number of piperidine rings is 1. The SMILES string of the molecule is O=C(c1ccnc2ccc(F)cc12)C1CC2CCC(C1)N2. The largest absolute Gasteiger partial charge is 0.311 e. The number of fused-ring (bicyclic) bond motifs is 3. The lowest BCUT2D eigenvalue weighted by Crippen LogP contribution is -2.40. The van der Waals surface area contributed by atoms with E-state index >= 15 is 0 Å². The predicted octanol–water partition coefficient (Wildman–Crippen LogP) is 3.09. The van der Waals surface area contributed by atoms with Crippen LogP contribution in [0.4, 0.5) is 4.39 Å². The van der Waals surface area contributed by atoms with Crippen molar-refractivity contribution in [3.63, 3.8) is 0 Å². The summed E-state index contributed by atoms with van der Waals surface area (Å²) in [6, 6.07) is 7.12. The van der Waals surface area contributed by atoms with E-state index < -0.39 is 0 Å². The van der Waals surface area contributed by atoms with Crippen LogP contribution in [-0.2, 0) is 0 Å². The molecule has 2 bridgehead atoms. The van der Waals surface area contributed by atoms with Crippen molar-refractivity contribution in [2.75, 3.05) is 0 Å². The number of benzene rings is 1. The molecule has 4 rings (SSSR count). The number of halogens is 1. The molecule has 2 atom stereocenters.